The minimum Gasteiger partial charge on any atom is -0.508 e. The van der Waals surface area contributed by atoms with Crippen molar-refractivity contribution in [1.29, 1.82) is 0 Å². The molecule has 0 radical (unpaired) electrons. The van der Waals surface area contributed by atoms with Gasteiger partial charge >= 0.3 is 0 Å². The zero-order valence-corrected chi connectivity index (χ0v) is 20.4. The molecule has 3 aromatic rings. The van der Waals surface area contributed by atoms with Crippen LogP contribution in [0.4, 0.5) is 0 Å². The number of aromatic hydroxyl groups is 2. The second kappa shape index (κ2) is 11.3. The number of aromatic amines is 1. The zero-order valence-electron chi connectivity index (χ0n) is 19.6. The SMILES string of the molecule is COCC[NH+](C)CCOc1ccc(Cn2c(-c3cc(C(C)C)c(O)cc3O)n[nH]c2=S)cc1. The average molecular weight is 474 g/mol. The van der Waals surface area contributed by atoms with E-state index in [2.05, 4.69) is 17.2 Å². The second-order valence-electron chi connectivity index (χ2n) is 8.46. The first-order valence-electron chi connectivity index (χ1n) is 11.0. The molecular weight excluding hydrogens is 440 g/mol. The maximum atomic E-state index is 10.5. The van der Waals surface area contributed by atoms with E-state index < -0.39 is 0 Å². The van der Waals surface area contributed by atoms with Gasteiger partial charge in [-0.1, -0.05) is 26.0 Å². The van der Waals surface area contributed by atoms with Crippen molar-refractivity contribution in [1.82, 2.24) is 14.8 Å². The molecule has 0 amide bonds. The Bertz CT molecular complexity index is 1110. The van der Waals surface area contributed by atoms with Crippen LogP contribution in [0.15, 0.2) is 36.4 Å². The van der Waals surface area contributed by atoms with Gasteiger partial charge in [0.05, 0.1) is 25.8 Å². The van der Waals surface area contributed by atoms with Gasteiger partial charge in [0.1, 0.15) is 36.9 Å². The third-order valence-corrected chi connectivity index (χ3v) is 5.87. The Morgan fingerprint density at radius 1 is 1.09 bits per heavy atom. The van der Waals surface area contributed by atoms with Crippen LogP contribution in [0, 0.1) is 4.77 Å². The van der Waals surface area contributed by atoms with Crippen LogP contribution in [0.25, 0.3) is 11.4 Å². The van der Waals surface area contributed by atoms with E-state index >= 15 is 0 Å². The summed E-state index contributed by atoms with van der Waals surface area (Å²) in [5.74, 6) is 1.44. The number of quaternary nitrogens is 1. The molecule has 0 spiro atoms. The van der Waals surface area contributed by atoms with Gasteiger partial charge in [-0.15, -0.1) is 0 Å². The van der Waals surface area contributed by atoms with Crippen molar-refractivity contribution in [3.63, 3.8) is 0 Å². The lowest BCUT2D eigenvalue weighted by atomic mass is 9.98. The molecular formula is C24H33N4O4S+. The maximum Gasteiger partial charge on any atom is 0.195 e. The highest BCUT2D eigenvalue weighted by Crippen LogP contribution is 2.37. The van der Waals surface area contributed by atoms with Gasteiger partial charge in [0.25, 0.3) is 0 Å². The molecule has 0 saturated heterocycles. The lowest BCUT2D eigenvalue weighted by Gasteiger charge is -2.14. The molecule has 8 nitrogen and oxygen atoms in total. The molecule has 0 bridgehead atoms. The number of nitrogens with one attached hydrogen (secondary N) is 2. The number of phenols is 2. The molecule has 0 saturated carbocycles. The molecule has 0 fully saturated rings. The highest BCUT2D eigenvalue weighted by molar-refractivity contribution is 7.71. The van der Waals surface area contributed by atoms with Crippen LogP contribution in [0.2, 0.25) is 0 Å². The fourth-order valence-electron chi connectivity index (χ4n) is 3.52. The fraction of sp³-hybridized carbons (Fsp3) is 0.417. The van der Waals surface area contributed by atoms with Gasteiger partial charge in [-0.25, -0.2) is 0 Å². The van der Waals surface area contributed by atoms with Gasteiger partial charge in [0, 0.05) is 13.2 Å². The summed E-state index contributed by atoms with van der Waals surface area (Å²) in [6.45, 7) is 7.65. The minimum absolute atomic E-state index is 0.0477. The second-order valence-corrected chi connectivity index (χ2v) is 8.85. The lowest BCUT2D eigenvalue weighted by Crippen LogP contribution is -3.10. The van der Waals surface area contributed by atoms with Crippen molar-refractivity contribution in [2.45, 2.75) is 26.3 Å². The quantitative estimate of drug-likeness (QED) is 0.320. The van der Waals surface area contributed by atoms with Gasteiger partial charge in [0.15, 0.2) is 10.6 Å². The molecule has 1 heterocycles. The summed E-state index contributed by atoms with van der Waals surface area (Å²) >= 11 is 5.44. The maximum absolute atomic E-state index is 10.5. The summed E-state index contributed by atoms with van der Waals surface area (Å²) < 4.78 is 13.2. The smallest absolute Gasteiger partial charge is 0.195 e. The average Bonchev–Trinajstić information content (AvgIpc) is 3.13. The Labute approximate surface area is 199 Å². The van der Waals surface area contributed by atoms with Crippen molar-refractivity contribution in [2.75, 3.05) is 40.5 Å². The largest absolute Gasteiger partial charge is 0.508 e. The number of nitrogens with zero attached hydrogens (tertiary/aromatic N) is 2. The summed E-state index contributed by atoms with van der Waals surface area (Å²) in [6, 6.07) is 11.0. The Hall–Kier alpha value is -2.88. The van der Waals surface area contributed by atoms with Crippen molar-refractivity contribution < 1.29 is 24.6 Å². The van der Waals surface area contributed by atoms with E-state index in [9.17, 15) is 10.2 Å². The molecule has 0 aliphatic heterocycles. The number of hydrogen-bond acceptors (Lipinski definition) is 6. The summed E-state index contributed by atoms with van der Waals surface area (Å²) in [7, 11) is 3.83. The molecule has 1 atom stereocenters. The number of hydrogen-bond donors (Lipinski definition) is 4. The molecule has 1 aromatic heterocycles. The van der Waals surface area contributed by atoms with Gasteiger partial charge in [-0.3, -0.25) is 9.67 Å². The first-order valence-corrected chi connectivity index (χ1v) is 11.4. The fourth-order valence-corrected chi connectivity index (χ4v) is 3.72. The standard InChI is InChI=1S/C24H32N4O4S/c1-16(2)19-13-20(22(30)14-21(19)29)23-25-26-24(33)28(23)15-17-5-7-18(8-6-17)32-12-10-27(3)9-11-31-4/h5-8,13-14,16,29-30H,9-12,15H2,1-4H3,(H,26,33)/p+1. The number of likely N-dealkylation sites (N-methyl/N-ethyl adjacent to an activating group) is 1. The Morgan fingerprint density at radius 2 is 1.79 bits per heavy atom. The van der Waals surface area contributed by atoms with Crippen molar-refractivity contribution in [3.05, 3.63) is 52.3 Å². The molecule has 1 unspecified atom stereocenters. The summed E-state index contributed by atoms with van der Waals surface area (Å²) in [5, 5.41) is 27.8. The number of H-pyrrole nitrogens is 1. The van der Waals surface area contributed by atoms with Gasteiger partial charge in [-0.05, 0) is 47.5 Å². The predicted octanol–water partition coefficient (Wildman–Crippen LogP) is 2.73. The molecule has 9 heteroatoms. The Balaban J connectivity index is 1.72. The highest BCUT2D eigenvalue weighted by Gasteiger charge is 2.18. The van der Waals surface area contributed by atoms with Crippen LogP contribution in [-0.4, -0.2) is 65.4 Å². The first-order chi connectivity index (χ1) is 15.8. The first kappa shape index (κ1) is 24.8. The van der Waals surface area contributed by atoms with E-state index in [1.807, 2.05) is 42.7 Å². The predicted molar refractivity (Wildman–Crippen MR) is 130 cm³/mol. The molecule has 0 aliphatic rings. The lowest BCUT2D eigenvalue weighted by molar-refractivity contribution is -0.880. The summed E-state index contributed by atoms with van der Waals surface area (Å²) in [6.07, 6.45) is 0. The van der Waals surface area contributed by atoms with E-state index in [4.69, 9.17) is 21.7 Å². The van der Waals surface area contributed by atoms with E-state index in [1.165, 1.54) is 11.0 Å². The minimum atomic E-state index is -0.0477. The number of phenolic OH excluding ortho intramolecular Hbond substituents is 2. The third-order valence-electron chi connectivity index (χ3n) is 5.56. The van der Waals surface area contributed by atoms with E-state index in [1.54, 1.807) is 13.2 Å². The van der Waals surface area contributed by atoms with Gasteiger partial charge in [0.2, 0.25) is 0 Å². The highest BCUT2D eigenvalue weighted by atomic mass is 32.1. The summed E-state index contributed by atoms with van der Waals surface area (Å²) in [5.41, 5.74) is 2.27. The Kier molecular flexibility index (Phi) is 8.49. The summed E-state index contributed by atoms with van der Waals surface area (Å²) in [4.78, 5) is 1.36. The van der Waals surface area contributed by atoms with Gasteiger partial charge < -0.3 is 24.6 Å². The van der Waals surface area contributed by atoms with Crippen LogP contribution >= 0.6 is 12.2 Å². The molecule has 178 valence electrons. The molecule has 4 N–H and O–H groups in total. The third kappa shape index (κ3) is 6.34. The van der Waals surface area contributed by atoms with Crippen molar-refractivity contribution >= 4 is 12.2 Å². The monoisotopic (exact) mass is 473 g/mol. The van der Waals surface area contributed by atoms with Crippen molar-refractivity contribution in [2.24, 2.45) is 0 Å². The molecule has 2 aromatic carbocycles. The van der Waals surface area contributed by atoms with Gasteiger partial charge in [-0.2, -0.15) is 5.10 Å². The number of rotatable bonds is 11. The van der Waals surface area contributed by atoms with E-state index in [0.717, 1.165) is 36.6 Å². The molecule has 33 heavy (non-hydrogen) atoms. The number of aromatic nitrogens is 3. The Morgan fingerprint density at radius 3 is 2.45 bits per heavy atom. The number of benzene rings is 2. The molecule has 3 rings (SSSR count). The number of ether oxygens (including phenoxy) is 2. The van der Waals surface area contributed by atoms with Crippen molar-refractivity contribution in [3.8, 4) is 28.6 Å². The van der Waals surface area contributed by atoms with Crippen LogP contribution in [0.3, 0.4) is 0 Å². The topological polar surface area (TPSA) is 97.0 Å². The van der Waals surface area contributed by atoms with Crippen LogP contribution < -0.4 is 9.64 Å². The van der Waals surface area contributed by atoms with Crippen LogP contribution in [-0.2, 0) is 11.3 Å². The van der Waals surface area contributed by atoms with Crippen LogP contribution in [0.5, 0.6) is 17.2 Å². The number of methoxy groups -OCH3 is 1. The van der Waals surface area contributed by atoms with Crippen LogP contribution in [0.1, 0.15) is 30.9 Å². The normalized spacial score (nSPS) is 12.3. The van der Waals surface area contributed by atoms with E-state index in [0.29, 0.717) is 29.3 Å². The zero-order chi connectivity index (χ0) is 24.0. The van der Waals surface area contributed by atoms with E-state index in [-0.39, 0.29) is 17.4 Å². The molecule has 0 aliphatic carbocycles.